The van der Waals surface area contributed by atoms with E-state index < -0.39 is 6.04 Å². The topological polar surface area (TPSA) is 69.7 Å². The third-order valence-corrected chi connectivity index (χ3v) is 6.04. The lowest BCUT2D eigenvalue weighted by Crippen LogP contribution is -2.52. The fraction of sp³-hybridized carbons (Fsp3) is 0.550. The summed E-state index contributed by atoms with van der Waals surface area (Å²) in [6.07, 6.45) is 7.00. The van der Waals surface area contributed by atoms with Crippen LogP contribution in [0.2, 0.25) is 0 Å². The molecular formula is C20H25N3O3. The summed E-state index contributed by atoms with van der Waals surface area (Å²) in [6.45, 7) is 0.437. The summed E-state index contributed by atoms with van der Waals surface area (Å²) in [5.74, 6) is -0.727. The Morgan fingerprint density at radius 1 is 1.08 bits per heavy atom. The van der Waals surface area contributed by atoms with E-state index in [-0.39, 0.29) is 24.1 Å². The van der Waals surface area contributed by atoms with E-state index in [4.69, 9.17) is 0 Å². The number of anilines is 1. The molecule has 0 aromatic heterocycles. The first-order chi connectivity index (χ1) is 12.5. The molecule has 1 aliphatic carbocycles. The summed E-state index contributed by atoms with van der Waals surface area (Å²) in [7, 11) is 2.13. The highest BCUT2D eigenvalue weighted by Crippen LogP contribution is 2.32. The first kappa shape index (κ1) is 17.1. The molecule has 6 nitrogen and oxygen atoms in total. The molecule has 0 bridgehead atoms. The summed E-state index contributed by atoms with van der Waals surface area (Å²) in [5, 5.41) is 2.35. The van der Waals surface area contributed by atoms with Gasteiger partial charge in [0.2, 0.25) is 11.8 Å². The van der Waals surface area contributed by atoms with Crippen molar-refractivity contribution in [3.05, 3.63) is 29.3 Å². The van der Waals surface area contributed by atoms with E-state index in [0.29, 0.717) is 24.6 Å². The molecule has 6 heteroatoms. The van der Waals surface area contributed by atoms with Crippen LogP contribution in [0, 0.1) is 0 Å². The Balaban J connectivity index is 1.53. The van der Waals surface area contributed by atoms with Crippen LogP contribution in [-0.2, 0) is 16.1 Å². The van der Waals surface area contributed by atoms with Gasteiger partial charge in [0, 0.05) is 37.3 Å². The Bertz CT molecular complexity index is 755. The Kier molecular flexibility index (Phi) is 4.42. The first-order valence-corrected chi connectivity index (χ1v) is 9.55. The Morgan fingerprint density at radius 3 is 2.58 bits per heavy atom. The number of nitrogens with one attached hydrogen (secondary N) is 1. The van der Waals surface area contributed by atoms with Gasteiger partial charge in [0.05, 0.1) is 0 Å². The molecule has 1 saturated heterocycles. The fourth-order valence-electron chi connectivity index (χ4n) is 4.46. The number of carbonyl (C=O) groups is 3. The maximum absolute atomic E-state index is 12.8. The second kappa shape index (κ2) is 6.74. The predicted octanol–water partition coefficient (Wildman–Crippen LogP) is 2.22. The van der Waals surface area contributed by atoms with Gasteiger partial charge in [0.25, 0.3) is 5.91 Å². The highest BCUT2D eigenvalue weighted by Gasteiger charge is 2.39. The molecule has 3 amide bonds. The van der Waals surface area contributed by atoms with Crippen LogP contribution >= 0.6 is 0 Å². The van der Waals surface area contributed by atoms with E-state index >= 15 is 0 Å². The van der Waals surface area contributed by atoms with E-state index in [2.05, 4.69) is 23.3 Å². The van der Waals surface area contributed by atoms with Crippen LogP contribution in [-0.4, -0.2) is 41.8 Å². The SMILES string of the molecule is CN(c1ccc2c(c1)CN(C1CCC(=O)NC1=O)C2=O)C1CCCCC1. The Hall–Kier alpha value is -2.37. The van der Waals surface area contributed by atoms with Crippen LogP contribution in [0.25, 0.3) is 0 Å². The van der Waals surface area contributed by atoms with Crippen LogP contribution in [0.3, 0.4) is 0 Å². The molecule has 0 radical (unpaired) electrons. The Morgan fingerprint density at radius 2 is 1.85 bits per heavy atom. The monoisotopic (exact) mass is 355 g/mol. The molecule has 0 spiro atoms. The number of piperidine rings is 1. The molecule has 3 aliphatic rings. The molecule has 2 fully saturated rings. The lowest BCUT2D eigenvalue weighted by atomic mass is 9.94. The molecule has 1 saturated carbocycles. The van der Waals surface area contributed by atoms with E-state index in [1.165, 1.54) is 32.1 Å². The maximum Gasteiger partial charge on any atom is 0.255 e. The standard InChI is InChI=1S/C20H25N3O3/c1-22(14-5-3-2-4-6-14)15-7-8-16-13(11-15)12-23(20(16)26)17-9-10-18(24)21-19(17)25/h7-8,11,14,17H,2-6,9-10,12H2,1H3,(H,21,24,25). The van der Waals surface area contributed by atoms with Crippen LogP contribution < -0.4 is 10.2 Å². The highest BCUT2D eigenvalue weighted by atomic mass is 16.2. The quantitative estimate of drug-likeness (QED) is 0.844. The minimum Gasteiger partial charge on any atom is -0.372 e. The van der Waals surface area contributed by atoms with Crippen molar-refractivity contribution in [3.63, 3.8) is 0 Å². The van der Waals surface area contributed by atoms with Gasteiger partial charge in [0.1, 0.15) is 6.04 Å². The van der Waals surface area contributed by atoms with Crippen LogP contribution in [0.4, 0.5) is 5.69 Å². The maximum atomic E-state index is 12.8. The van der Waals surface area contributed by atoms with Crippen LogP contribution in [0.15, 0.2) is 18.2 Å². The van der Waals surface area contributed by atoms with Crippen molar-refractivity contribution in [3.8, 4) is 0 Å². The van der Waals surface area contributed by atoms with Crippen molar-refractivity contribution in [2.45, 2.75) is 63.6 Å². The van der Waals surface area contributed by atoms with Crippen molar-refractivity contribution >= 4 is 23.4 Å². The van der Waals surface area contributed by atoms with Crippen LogP contribution in [0.5, 0.6) is 0 Å². The molecule has 138 valence electrons. The third kappa shape index (κ3) is 2.97. The molecule has 1 N–H and O–H groups in total. The largest absolute Gasteiger partial charge is 0.372 e. The fourth-order valence-corrected chi connectivity index (χ4v) is 4.46. The van der Waals surface area contributed by atoms with Crippen molar-refractivity contribution in [1.29, 1.82) is 0 Å². The average molecular weight is 355 g/mol. The van der Waals surface area contributed by atoms with Crippen molar-refractivity contribution in [2.75, 3.05) is 11.9 Å². The number of rotatable bonds is 3. The molecule has 1 aromatic rings. The molecule has 1 aromatic carbocycles. The summed E-state index contributed by atoms with van der Waals surface area (Å²) >= 11 is 0. The van der Waals surface area contributed by atoms with Gasteiger partial charge in [-0.1, -0.05) is 19.3 Å². The predicted molar refractivity (Wildman–Crippen MR) is 97.8 cm³/mol. The van der Waals surface area contributed by atoms with Gasteiger partial charge < -0.3 is 9.80 Å². The molecule has 26 heavy (non-hydrogen) atoms. The van der Waals surface area contributed by atoms with Gasteiger partial charge in [-0.15, -0.1) is 0 Å². The minimum absolute atomic E-state index is 0.110. The lowest BCUT2D eigenvalue weighted by molar-refractivity contribution is -0.136. The van der Waals surface area contributed by atoms with E-state index in [0.717, 1.165) is 11.3 Å². The molecule has 1 unspecified atom stereocenters. The molecule has 1 atom stereocenters. The second-order valence-electron chi connectivity index (χ2n) is 7.64. The third-order valence-electron chi connectivity index (χ3n) is 6.04. The Labute approximate surface area is 153 Å². The summed E-state index contributed by atoms with van der Waals surface area (Å²) in [6, 6.07) is 6.00. The zero-order valence-electron chi connectivity index (χ0n) is 15.2. The van der Waals surface area contributed by atoms with Crippen molar-refractivity contribution in [1.82, 2.24) is 10.2 Å². The smallest absolute Gasteiger partial charge is 0.255 e. The number of carbonyl (C=O) groups excluding carboxylic acids is 3. The van der Waals surface area contributed by atoms with Gasteiger partial charge in [-0.3, -0.25) is 19.7 Å². The number of fused-ring (bicyclic) bond motifs is 1. The molecule has 2 heterocycles. The van der Waals surface area contributed by atoms with E-state index in [9.17, 15) is 14.4 Å². The van der Waals surface area contributed by atoms with Gasteiger partial charge in [-0.05, 0) is 43.0 Å². The van der Waals surface area contributed by atoms with Gasteiger partial charge in [-0.25, -0.2) is 0 Å². The highest BCUT2D eigenvalue weighted by molar-refractivity contribution is 6.05. The number of imide groups is 1. The lowest BCUT2D eigenvalue weighted by Gasteiger charge is -2.33. The van der Waals surface area contributed by atoms with Crippen molar-refractivity contribution in [2.24, 2.45) is 0 Å². The van der Waals surface area contributed by atoms with E-state index in [1.807, 2.05) is 12.1 Å². The van der Waals surface area contributed by atoms with E-state index in [1.54, 1.807) is 4.90 Å². The van der Waals surface area contributed by atoms with Crippen LogP contribution in [0.1, 0.15) is 60.9 Å². The normalized spacial score (nSPS) is 23.8. The number of nitrogens with zero attached hydrogens (tertiary/aromatic N) is 2. The first-order valence-electron chi connectivity index (χ1n) is 9.55. The van der Waals surface area contributed by atoms with Gasteiger partial charge in [-0.2, -0.15) is 0 Å². The number of hydrogen-bond donors (Lipinski definition) is 1. The second-order valence-corrected chi connectivity index (χ2v) is 7.64. The van der Waals surface area contributed by atoms with Gasteiger partial charge >= 0.3 is 0 Å². The minimum atomic E-state index is -0.549. The zero-order valence-corrected chi connectivity index (χ0v) is 15.2. The van der Waals surface area contributed by atoms with Gasteiger partial charge in [0.15, 0.2) is 0 Å². The molecule has 4 rings (SSSR count). The average Bonchev–Trinajstić information content (AvgIpc) is 2.98. The molecule has 2 aliphatic heterocycles. The molecular weight excluding hydrogens is 330 g/mol. The summed E-state index contributed by atoms with van der Waals surface area (Å²) in [4.78, 5) is 40.2. The number of hydrogen-bond acceptors (Lipinski definition) is 4. The number of benzene rings is 1. The summed E-state index contributed by atoms with van der Waals surface area (Å²) < 4.78 is 0. The summed E-state index contributed by atoms with van der Waals surface area (Å²) in [5.41, 5.74) is 2.78. The van der Waals surface area contributed by atoms with Crippen molar-refractivity contribution < 1.29 is 14.4 Å². The zero-order chi connectivity index (χ0) is 18.3. The number of amides is 3.